The average Bonchev–Trinajstić information content (AvgIpc) is 2.57. The average molecular weight is 343 g/mol. The van der Waals surface area contributed by atoms with Crippen LogP contribution in [0.1, 0.15) is 77.0 Å². The number of aliphatic hydroxyl groups is 2. The molecule has 0 rings (SSSR count). The van der Waals surface area contributed by atoms with Gasteiger partial charge in [-0.05, 0) is 6.42 Å². The van der Waals surface area contributed by atoms with Crippen LogP contribution in [0.2, 0.25) is 0 Å². The summed E-state index contributed by atoms with van der Waals surface area (Å²) in [5, 5.41) is 18.3. The third-order valence-corrected chi connectivity index (χ3v) is 4.31. The van der Waals surface area contributed by atoms with E-state index < -0.39 is 12.1 Å². The Labute approximate surface area is 142 Å². The SMILES string of the molecule is N[C@@H](CO)[C@H](O)/C=C/CCCCCCCCCCCCC#P=O. The Morgan fingerprint density at radius 2 is 1.48 bits per heavy atom. The van der Waals surface area contributed by atoms with Gasteiger partial charge in [-0.1, -0.05) is 12.2 Å². The van der Waals surface area contributed by atoms with E-state index in [9.17, 15) is 9.67 Å². The Morgan fingerprint density at radius 1 is 0.957 bits per heavy atom. The zero-order valence-corrected chi connectivity index (χ0v) is 15.2. The second-order valence-corrected chi connectivity index (χ2v) is 6.59. The Hall–Kier alpha value is -0.370. The Balaban J connectivity index is 3.23. The quantitative estimate of drug-likeness (QED) is 0.237. The van der Waals surface area contributed by atoms with Crippen LogP contribution in [0.15, 0.2) is 12.2 Å². The number of hydrogen-bond acceptors (Lipinski definition) is 4. The molecular formula is C18H34NO3P. The molecule has 5 heteroatoms. The van der Waals surface area contributed by atoms with Crippen molar-refractivity contribution in [1.82, 2.24) is 0 Å². The van der Waals surface area contributed by atoms with Gasteiger partial charge in [0.05, 0.1) is 18.8 Å². The van der Waals surface area contributed by atoms with Crippen LogP contribution < -0.4 is 5.73 Å². The summed E-state index contributed by atoms with van der Waals surface area (Å²) in [6.07, 6.45) is 17.2. The van der Waals surface area contributed by atoms with Crippen molar-refractivity contribution < 1.29 is 14.8 Å². The van der Waals surface area contributed by atoms with Crippen LogP contribution in [0.4, 0.5) is 0 Å². The van der Waals surface area contributed by atoms with Gasteiger partial charge in [0, 0.05) is 0 Å². The number of aliphatic hydroxyl groups excluding tert-OH is 2. The first-order chi connectivity index (χ1) is 11.2. The summed E-state index contributed by atoms with van der Waals surface area (Å²) in [5.74, 6) is 0. The number of unbranched alkanes of at least 4 members (excludes halogenated alkanes) is 11. The standard InChI is InChI=1S/C18H34NO3P/c19-17(16-20)18(21)14-12-10-8-6-4-2-1-3-5-7-9-11-13-15-23-22/h12,14,17-18,20-21H,1-11,13,16,19H2/b14-12+/t17-,18+/m0/s1. The molecule has 0 aliphatic carbocycles. The number of nitrogens with two attached hydrogens (primary N) is 1. The number of rotatable bonds is 15. The molecule has 0 amide bonds. The molecule has 0 spiro atoms. The zero-order chi connectivity index (χ0) is 17.2. The number of hydrogen-bond donors (Lipinski definition) is 3. The second kappa shape index (κ2) is 18.0. The van der Waals surface area contributed by atoms with E-state index in [1.807, 2.05) is 6.08 Å². The molecular weight excluding hydrogens is 309 g/mol. The molecule has 0 aromatic heterocycles. The molecule has 2 atom stereocenters. The minimum absolute atomic E-state index is 0.0456. The van der Waals surface area contributed by atoms with Crippen molar-refractivity contribution in [3.8, 4) is 5.63 Å². The van der Waals surface area contributed by atoms with E-state index in [1.54, 1.807) is 6.08 Å². The van der Waals surface area contributed by atoms with Crippen LogP contribution in [-0.4, -0.2) is 29.0 Å². The molecule has 4 N–H and O–H groups in total. The summed E-state index contributed by atoms with van der Waals surface area (Å²) in [4.78, 5) is 0. The molecule has 0 radical (unpaired) electrons. The van der Waals surface area contributed by atoms with Crippen LogP contribution in [0, 0.1) is 5.63 Å². The molecule has 0 aliphatic heterocycles. The fraction of sp³-hybridized carbons (Fsp3) is 0.833. The molecule has 0 aliphatic rings. The molecule has 0 bridgehead atoms. The molecule has 4 nitrogen and oxygen atoms in total. The first-order valence-corrected chi connectivity index (χ1v) is 9.80. The van der Waals surface area contributed by atoms with Crippen LogP contribution in [-0.2, 0) is 4.57 Å². The van der Waals surface area contributed by atoms with Gasteiger partial charge in [-0.3, -0.25) is 0 Å². The number of allylic oxidation sites excluding steroid dienone is 1. The molecule has 0 saturated heterocycles. The van der Waals surface area contributed by atoms with Gasteiger partial charge < -0.3 is 15.9 Å². The van der Waals surface area contributed by atoms with E-state index in [4.69, 9.17) is 10.8 Å². The Kier molecular flexibility index (Phi) is 17.7. The summed E-state index contributed by atoms with van der Waals surface area (Å²) >= 11 is 0. The molecule has 134 valence electrons. The molecule has 0 saturated carbocycles. The van der Waals surface area contributed by atoms with Crippen LogP contribution in [0.25, 0.3) is 0 Å². The normalized spacial score (nSPS) is 13.9. The summed E-state index contributed by atoms with van der Waals surface area (Å²) in [7, 11) is 0.0456. The van der Waals surface area contributed by atoms with Crippen LogP contribution in [0.5, 0.6) is 0 Å². The molecule has 0 unspecified atom stereocenters. The fourth-order valence-electron chi connectivity index (χ4n) is 2.41. The van der Waals surface area contributed by atoms with Gasteiger partial charge >= 0.3 is 88.7 Å². The first kappa shape index (κ1) is 22.6. The van der Waals surface area contributed by atoms with Gasteiger partial charge in [0.25, 0.3) is 0 Å². The van der Waals surface area contributed by atoms with E-state index in [1.165, 1.54) is 51.4 Å². The van der Waals surface area contributed by atoms with Crippen molar-refractivity contribution in [2.75, 3.05) is 6.61 Å². The van der Waals surface area contributed by atoms with Gasteiger partial charge in [-0.15, -0.1) is 0 Å². The van der Waals surface area contributed by atoms with E-state index in [0.717, 1.165) is 25.7 Å². The molecule has 0 fully saturated rings. The van der Waals surface area contributed by atoms with Crippen molar-refractivity contribution in [1.29, 1.82) is 0 Å². The Morgan fingerprint density at radius 3 is 2.00 bits per heavy atom. The van der Waals surface area contributed by atoms with Crippen molar-refractivity contribution in [2.24, 2.45) is 5.73 Å². The van der Waals surface area contributed by atoms with E-state index in [-0.39, 0.29) is 14.5 Å². The predicted molar refractivity (Wildman–Crippen MR) is 97.1 cm³/mol. The van der Waals surface area contributed by atoms with Gasteiger partial charge in [0.2, 0.25) is 0 Å². The van der Waals surface area contributed by atoms with Gasteiger partial charge in [-0.25, -0.2) is 0 Å². The predicted octanol–water partition coefficient (Wildman–Crippen LogP) is 4.16. The van der Waals surface area contributed by atoms with Crippen molar-refractivity contribution in [3.63, 3.8) is 0 Å². The third-order valence-electron chi connectivity index (χ3n) is 3.96. The van der Waals surface area contributed by atoms with E-state index in [0.29, 0.717) is 0 Å². The summed E-state index contributed by atoms with van der Waals surface area (Å²) in [5.41, 5.74) is 8.29. The summed E-state index contributed by atoms with van der Waals surface area (Å²) in [6.45, 7) is -0.192. The van der Waals surface area contributed by atoms with Gasteiger partial charge in [0.15, 0.2) is 0 Å². The maximum atomic E-state index is 10.1. The molecule has 0 aromatic rings. The third kappa shape index (κ3) is 16.3. The monoisotopic (exact) mass is 343 g/mol. The van der Waals surface area contributed by atoms with Crippen molar-refractivity contribution in [2.45, 2.75) is 89.2 Å². The van der Waals surface area contributed by atoms with Crippen LogP contribution in [0.3, 0.4) is 0 Å². The van der Waals surface area contributed by atoms with Crippen molar-refractivity contribution in [3.05, 3.63) is 12.2 Å². The topological polar surface area (TPSA) is 83.6 Å². The van der Waals surface area contributed by atoms with E-state index in [2.05, 4.69) is 5.63 Å². The molecule has 0 heterocycles. The first-order valence-electron chi connectivity index (χ1n) is 8.98. The summed E-state index contributed by atoms with van der Waals surface area (Å²) in [6, 6.07) is -0.575. The molecule has 23 heavy (non-hydrogen) atoms. The minimum atomic E-state index is -0.740. The summed E-state index contributed by atoms with van der Waals surface area (Å²) < 4.78 is 10.1. The zero-order valence-electron chi connectivity index (χ0n) is 14.3. The fourth-order valence-corrected chi connectivity index (χ4v) is 2.66. The van der Waals surface area contributed by atoms with E-state index >= 15 is 0 Å². The van der Waals surface area contributed by atoms with Gasteiger partial charge in [0.1, 0.15) is 0 Å². The van der Waals surface area contributed by atoms with Crippen LogP contribution >= 0.6 is 7.92 Å². The van der Waals surface area contributed by atoms with Crippen molar-refractivity contribution >= 4 is 7.92 Å². The maximum absolute atomic E-state index is 10.1. The van der Waals surface area contributed by atoms with Gasteiger partial charge in [-0.2, -0.15) is 0 Å². The Bertz CT molecular complexity index is 381. The molecule has 0 aromatic carbocycles. The second-order valence-electron chi connectivity index (χ2n) is 6.09.